The first-order valence-corrected chi connectivity index (χ1v) is 6.30. The average molecular weight is 264 g/mol. The van der Waals surface area contributed by atoms with Gasteiger partial charge in [-0.25, -0.2) is 0 Å². The molecule has 0 saturated heterocycles. The van der Waals surface area contributed by atoms with Crippen LogP contribution in [-0.2, 0) is 16.0 Å². The minimum absolute atomic E-state index is 0.0297. The van der Waals surface area contributed by atoms with Crippen molar-refractivity contribution in [2.24, 2.45) is 0 Å². The Labute approximate surface area is 113 Å². The largest absolute Gasteiger partial charge is 0.383 e. The highest BCUT2D eigenvalue weighted by molar-refractivity contribution is 5.96. The summed E-state index contributed by atoms with van der Waals surface area (Å²) in [5.74, 6) is -0.472. The average Bonchev–Trinajstić information content (AvgIpc) is 2.45. The van der Waals surface area contributed by atoms with Gasteiger partial charge in [0.2, 0.25) is 5.91 Å². The zero-order valence-corrected chi connectivity index (χ0v) is 11.4. The third-order valence-corrected chi connectivity index (χ3v) is 2.66. The summed E-state index contributed by atoms with van der Waals surface area (Å²) < 4.78 is 4.81. The fraction of sp³-hybridized carbons (Fsp3) is 0.429. The molecular formula is C14H20N2O3. The highest BCUT2D eigenvalue weighted by Crippen LogP contribution is 2.04. The van der Waals surface area contributed by atoms with E-state index >= 15 is 0 Å². The first-order chi connectivity index (χ1) is 9.17. The molecule has 0 aliphatic heterocycles. The normalized spacial score (nSPS) is 10.0. The van der Waals surface area contributed by atoms with Crippen molar-refractivity contribution in [2.75, 3.05) is 26.8 Å². The Hall–Kier alpha value is -1.88. The van der Waals surface area contributed by atoms with Crippen LogP contribution in [0.5, 0.6) is 0 Å². The van der Waals surface area contributed by atoms with Gasteiger partial charge in [-0.1, -0.05) is 19.1 Å². The number of rotatable bonds is 7. The quantitative estimate of drug-likeness (QED) is 0.714. The van der Waals surface area contributed by atoms with Crippen LogP contribution in [0.1, 0.15) is 22.8 Å². The summed E-state index contributed by atoms with van der Waals surface area (Å²) >= 11 is 0. The summed E-state index contributed by atoms with van der Waals surface area (Å²) in [4.78, 5) is 23.1. The van der Waals surface area contributed by atoms with Gasteiger partial charge in [-0.15, -0.1) is 0 Å². The van der Waals surface area contributed by atoms with Crippen LogP contribution in [0.3, 0.4) is 0 Å². The van der Waals surface area contributed by atoms with Gasteiger partial charge in [0.15, 0.2) is 0 Å². The lowest BCUT2D eigenvalue weighted by molar-refractivity contribution is -0.120. The fourth-order valence-electron chi connectivity index (χ4n) is 1.51. The smallest absolute Gasteiger partial charge is 0.251 e. The molecule has 0 bridgehead atoms. The Morgan fingerprint density at radius 2 is 1.84 bits per heavy atom. The molecule has 0 aliphatic carbocycles. The van der Waals surface area contributed by atoms with Gasteiger partial charge in [0.1, 0.15) is 0 Å². The molecule has 5 heteroatoms. The third kappa shape index (κ3) is 5.52. The molecule has 0 unspecified atom stereocenters. The van der Waals surface area contributed by atoms with E-state index in [1.54, 1.807) is 19.2 Å². The number of nitrogens with one attached hydrogen (secondary N) is 2. The Kier molecular flexibility index (Phi) is 6.60. The second-order valence-corrected chi connectivity index (χ2v) is 4.08. The van der Waals surface area contributed by atoms with E-state index in [4.69, 9.17) is 4.74 Å². The summed E-state index contributed by atoms with van der Waals surface area (Å²) in [6, 6.07) is 7.34. The number of aryl methyl sites for hydroxylation is 1. The van der Waals surface area contributed by atoms with E-state index in [0.717, 1.165) is 6.42 Å². The summed E-state index contributed by atoms with van der Waals surface area (Å²) in [5.41, 5.74) is 1.73. The maximum atomic E-state index is 11.8. The maximum absolute atomic E-state index is 11.8. The second kappa shape index (κ2) is 8.26. The van der Waals surface area contributed by atoms with Crippen molar-refractivity contribution in [1.29, 1.82) is 0 Å². The Morgan fingerprint density at radius 3 is 2.42 bits per heavy atom. The van der Waals surface area contributed by atoms with Crippen LogP contribution in [0.25, 0.3) is 0 Å². The number of benzene rings is 1. The summed E-state index contributed by atoms with van der Waals surface area (Å²) in [6.07, 6.45) is 0.934. The highest BCUT2D eigenvalue weighted by atomic mass is 16.5. The van der Waals surface area contributed by atoms with Gasteiger partial charge >= 0.3 is 0 Å². The third-order valence-electron chi connectivity index (χ3n) is 2.66. The van der Waals surface area contributed by atoms with Gasteiger partial charge in [0, 0.05) is 19.2 Å². The molecule has 5 nitrogen and oxygen atoms in total. The molecule has 104 valence electrons. The van der Waals surface area contributed by atoms with Crippen LogP contribution in [0.4, 0.5) is 0 Å². The molecule has 0 saturated carbocycles. The van der Waals surface area contributed by atoms with E-state index in [9.17, 15) is 9.59 Å². The highest BCUT2D eigenvalue weighted by Gasteiger charge is 2.07. The fourth-order valence-corrected chi connectivity index (χ4v) is 1.51. The van der Waals surface area contributed by atoms with Crippen molar-refractivity contribution in [1.82, 2.24) is 10.6 Å². The van der Waals surface area contributed by atoms with Crippen molar-refractivity contribution in [2.45, 2.75) is 13.3 Å². The molecule has 1 rings (SSSR count). The summed E-state index contributed by atoms with van der Waals surface area (Å²) in [6.45, 7) is 2.92. The predicted octanol–water partition coefficient (Wildman–Crippen LogP) is 0.741. The Balaban J connectivity index is 2.35. The van der Waals surface area contributed by atoms with E-state index in [0.29, 0.717) is 18.7 Å². The number of hydrogen-bond donors (Lipinski definition) is 2. The van der Waals surface area contributed by atoms with E-state index in [1.165, 1.54) is 5.56 Å². The minimum Gasteiger partial charge on any atom is -0.383 e. The molecule has 0 aliphatic rings. The van der Waals surface area contributed by atoms with Crippen molar-refractivity contribution in [3.8, 4) is 0 Å². The summed E-state index contributed by atoms with van der Waals surface area (Å²) in [7, 11) is 1.56. The Morgan fingerprint density at radius 1 is 1.16 bits per heavy atom. The monoisotopic (exact) mass is 264 g/mol. The minimum atomic E-state index is -0.246. The number of methoxy groups -OCH3 is 1. The molecule has 0 fully saturated rings. The first kappa shape index (κ1) is 15.2. The molecule has 1 aromatic rings. The number of hydrogen-bond acceptors (Lipinski definition) is 3. The van der Waals surface area contributed by atoms with E-state index < -0.39 is 0 Å². The number of carbonyl (C=O) groups is 2. The van der Waals surface area contributed by atoms with Crippen molar-refractivity contribution in [3.05, 3.63) is 35.4 Å². The molecule has 0 atom stereocenters. The molecule has 1 aromatic carbocycles. The van der Waals surface area contributed by atoms with Gasteiger partial charge in [0.25, 0.3) is 5.91 Å². The predicted molar refractivity (Wildman–Crippen MR) is 73.0 cm³/mol. The Bertz CT molecular complexity index is 415. The second-order valence-electron chi connectivity index (χ2n) is 4.08. The van der Waals surface area contributed by atoms with Crippen molar-refractivity contribution >= 4 is 11.8 Å². The molecule has 0 aromatic heterocycles. The van der Waals surface area contributed by atoms with Gasteiger partial charge in [-0.3, -0.25) is 9.59 Å². The molecule has 2 amide bonds. The van der Waals surface area contributed by atoms with Crippen LogP contribution >= 0.6 is 0 Å². The van der Waals surface area contributed by atoms with Gasteiger partial charge < -0.3 is 15.4 Å². The van der Waals surface area contributed by atoms with Crippen LogP contribution in [0.15, 0.2) is 24.3 Å². The van der Waals surface area contributed by atoms with Gasteiger partial charge in [0.05, 0.1) is 13.2 Å². The first-order valence-electron chi connectivity index (χ1n) is 6.30. The lowest BCUT2D eigenvalue weighted by atomic mass is 10.1. The van der Waals surface area contributed by atoms with Crippen molar-refractivity contribution < 1.29 is 14.3 Å². The van der Waals surface area contributed by atoms with Gasteiger partial charge in [-0.2, -0.15) is 0 Å². The van der Waals surface area contributed by atoms with E-state index in [1.807, 2.05) is 12.1 Å². The van der Waals surface area contributed by atoms with Gasteiger partial charge in [-0.05, 0) is 24.1 Å². The van der Waals surface area contributed by atoms with Crippen LogP contribution < -0.4 is 10.6 Å². The number of ether oxygens (including phenoxy) is 1. The number of carbonyl (C=O) groups excluding carboxylic acids is 2. The lowest BCUT2D eigenvalue weighted by Gasteiger charge is -2.07. The summed E-state index contributed by atoms with van der Waals surface area (Å²) in [5, 5.41) is 5.20. The van der Waals surface area contributed by atoms with Crippen LogP contribution in [-0.4, -0.2) is 38.6 Å². The molecular weight excluding hydrogens is 244 g/mol. The van der Waals surface area contributed by atoms with Crippen LogP contribution in [0.2, 0.25) is 0 Å². The maximum Gasteiger partial charge on any atom is 0.251 e. The number of amides is 2. The molecule has 2 N–H and O–H groups in total. The molecule has 0 radical (unpaired) electrons. The zero-order valence-electron chi connectivity index (χ0n) is 11.4. The lowest BCUT2D eigenvalue weighted by Crippen LogP contribution is -2.38. The zero-order chi connectivity index (χ0) is 14.1. The van der Waals surface area contributed by atoms with Crippen LogP contribution in [0, 0.1) is 0 Å². The standard InChI is InChI=1S/C14H20N2O3/c1-3-11-4-6-12(7-5-11)14(18)16-10-13(17)15-8-9-19-2/h4-7H,3,8-10H2,1-2H3,(H,15,17)(H,16,18). The molecule has 0 spiro atoms. The molecule has 0 heterocycles. The van der Waals surface area contributed by atoms with E-state index in [2.05, 4.69) is 17.6 Å². The SMILES string of the molecule is CCc1ccc(C(=O)NCC(=O)NCCOC)cc1. The molecule has 19 heavy (non-hydrogen) atoms. The van der Waals surface area contributed by atoms with E-state index in [-0.39, 0.29) is 18.4 Å². The van der Waals surface area contributed by atoms with Crippen molar-refractivity contribution in [3.63, 3.8) is 0 Å². The topological polar surface area (TPSA) is 67.4 Å².